The lowest BCUT2D eigenvalue weighted by molar-refractivity contribution is 0.268. The van der Waals surface area contributed by atoms with E-state index in [0.29, 0.717) is 19.5 Å². The van der Waals surface area contributed by atoms with Crippen molar-refractivity contribution in [2.45, 2.75) is 39.0 Å². The van der Waals surface area contributed by atoms with Gasteiger partial charge < -0.3 is 10.6 Å². The standard InChI is InChI=1S/C22H25FN8/c1-3-31-10-14(8-26-31)19-7-17-20(9-25-19)28-29-21(17)18-5-4-13(2)22(27-18)30-11-15(23)6-16(24)12-30/h4-5,7-10,15-16H,3,6,11-12,24H2,1-2H3,(H,28,29)/t15-,16+/m1/s1. The topological polar surface area (TPSA) is 102 Å². The molecule has 31 heavy (non-hydrogen) atoms. The highest BCUT2D eigenvalue weighted by molar-refractivity contribution is 5.93. The Hall–Kier alpha value is -3.33. The van der Waals surface area contributed by atoms with Gasteiger partial charge in [0, 0.05) is 36.3 Å². The second-order valence-corrected chi connectivity index (χ2v) is 8.11. The lowest BCUT2D eigenvalue weighted by Gasteiger charge is -2.34. The molecule has 5 rings (SSSR count). The van der Waals surface area contributed by atoms with E-state index in [1.54, 1.807) is 6.20 Å². The Morgan fingerprint density at radius 1 is 1.23 bits per heavy atom. The van der Waals surface area contributed by atoms with Gasteiger partial charge >= 0.3 is 0 Å². The van der Waals surface area contributed by atoms with Crippen molar-refractivity contribution in [2.75, 3.05) is 18.0 Å². The van der Waals surface area contributed by atoms with Crippen molar-refractivity contribution < 1.29 is 4.39 Å². The van der Waals surface area contributed by atoms with Gasteiger partial charge in [0.15, 0.2) is 0 Å². The van der Waals surface area contributed by atoms with Crippen molar-refractivity contribution in [2.24, 2.45) is 5.73 Å². The lowest BCUT2D eigenvalue weighted by atomic mass is 10.0. The fourth-order valence-corrected chi connectivity index (χ4v) is 4.16. The lowest BCUT2D eigenvalue weighted by Crippen LogP contribution is -2.48. The number of nitrogens with zero attached hydrogens (tertiary/aromatic N) is 6. The highest BCUT2D eigenvalue weighted by atomic mass is 19.1. The Labute approximate surface area is 179 Å². The molecule has 1 fully saturated rings. The summed E-state index contributed by atoms with van der Waals surface area (Å²) in [6, 6.07) is 5.75. The maximum Gasteiger partial charge on any atom is 0.132 e. The first-order valence-electron chi connectivity index (χ1n) is 10.5. The molecule has 1 aliphatic rings. The number of hydrogen-bond acceptors (Lipinski definition) is 6. The number of aryl methyl sites for hydroxylation is 2. The van der Waals surface area contributed by atoms with Gasteiger partial charge in [-0.1, -0.05) is 6.07 Å². The molecule has 1 aliphatic heterocycles. The number of halogens is 1. The molecule has 0 aliphatic carbocycles. The summed E-state index contributed by atoms with van der Waals surface area (Å²) in [6.07, 6.45) is 5.01. The average Bonchev–Trinajstić information content (AvgIpc) is 3.40. The first-order valence-corrected chi connectivity index (χ1v) is 10.5. The number of hydrogen-bond donors (Lipinski definition) is 2. The van der Waals surface area contributed by atoms with E-state index >= 15 is 0 Å². The maximum absolute atomic E-state index is 14.1. The number of anilines is 1. The van der Waals surface area contributed by atoms with Crippen LogP contribution in [0, 0.1) is 6.92 Å². The molecule has 5 heterocycles. The van der Waals surface area contributed by atoms with Crippen LogP contribution in [0.3, 0.4) is 0 Å². The summed E-state index contributed by atoms with van der Waals surface area (Å²) in [5, 5.41) is 12.8. The van der Waals surface area contributed by atoms with Gasteiger partial charge in [-0.2, -0.15) is 10.2 Å². The summed E-state index contributed by atoms with van der Waals surface area (Å²) < 4.78 is 16.0. The van der Waals surface area contributed by atoms with Crippen molar-refractivity contribution in [1.29, 1.82) is 0 Å². The number of rotatable bonds is 4. The predicted octanol–water partition coefficient (Wildman–Crippen LogP) is 3.09. The normalized spacial score (nSPS) is 19.3. The number of nitrogens with one attached hydrogen (secondary N) is 1. The molecule has 0 saturated carbocycles. The van der Waals surface area contributed by atoms with Crippen LogP contribution in [0.2, 0.25) is 0 Å². The van der Waals surface area contributed by atoms with Crippen molar-refractivity contribution in [1.82, 2.24) is 29.9 Å². The van der Waals surface area contributed by atoms with E-state index in [4.69, 9.17) is 10.7 Å². The van der Waals surface area contributed by atoms with Crippen LogP contribution < -0.4 is 10.6 Å². The van der Waals surface area contributed by atoms with Crippen LogP contribution >= 0.6 is 0 Å². The van der Waals surface area contributed by atoms with Gasteiger partial charge in [0.05, 0.1) is 35.8 Å². The third-order valence-corrected chi connectivity index (χ3v) is 5.74. The quantitative estimate of drug-likeness (QED) is 0.526. The van der Waals surface area contributed by atoms with Crippen LogP contribution in [0.4, 0.5) is 10.2 Å². The van der Waals surface area contributed by atoms with Gasteiger partial charge in [0.1, 0.15) is 17.7 Å². The third-order valence-electron chi connectivity index (χ3n) is 5.74. The minimum Gasteiger partial charge on any atom is -0.352 e. The van der Waals surface area contributed by atoms with E-state index < -0.39 is 6.17 Å². The Morgan fingerprint density at radius 3 is 2.87 bits per heavy atom. The molecule has 0 radical (unpaired) electrons. The number of aromatic amines is 1. The Kier molecular flexibility index (Phi) is 4.90. The number of nitrogens with two attached hydrogens (primary N) is 1. The smallest absolute Gasteiger partial charge is 0.132 e. The van der Waals surface area contributed by atoms with Gasteiger partial charge in [-0.3, -0.25) is 14.8 Å². The van der Waals surface area contributed by atoms with Crippen LogP contribution in [-0.4, -0.2) is 55.2 Å². The van der Waals surface area contributed by atoms with Crippen molar-refractivity contribution in [3.8, 4) is 22.6 Å². The zero-order valence-corrected chi connectivity index (χ0v) is 17.6. The number of pyridine rings is 2. The number of fused-ring (bicyclic) bond motifs is 1. The molecule has 0 spiro atoms. The van der Waals surface area contributed by atoms with Crippen molar-refractivity contribution in [3.05, 3.63) is 42.4 Å². The molecule has 2 atom stereocenters. The monoisotopic (exact) mass is 420 g/mol. The molecule has 4 aromatic heterocycles. The first-order chi connectivity index (χ1) is 15.0. The first kappa shape index (κ1) is 19.6. The maximum atomic E-state index is 14.1. The molecule has 160 valence electrons. The zero-order valence-electron chi connectivity index (χ0n) is 17.6. The van der Waals surface area contributed by atoms with Gasteiger partial charge in [-0.05, 0) is 38.0 Å². The van der Waals surface area contributed by atoms with E-state index in [2.05, 4.69) is 20.3 Å². The minimum absolute atomic E-state index is 0.197. The van der Waals surface area contributed by atoms with E-state index in [1.807, 2.05) is 54.0 Å². The highest BCUT2D eigenvalue weighted by Crippen LogP contribution is 2.31. The molecular formula is C22H25FN8. The molecule has 0 amide bonds. The third kappa shape index (κ3) is 3.65. The van der Waals surface area contributed by atoms with Crippen LogP contribution in [-0.2, 0) is 6.54 Å². The average molecular weight is 420 g/mol. The molecule has 0 aromatic carbocycles. The molecule has 8 nitrogen and oxygen atoms in total. The molecule has 4 aromatic rings. The summed E-state index contributed by atoms with van der Waals surface area (Å²) in [6.45, 7) is 5.73. The van der Waals surface area contributed by atoms with E-state index in [9.17, 15) is 4.39 Å². The van der Waals surface area contributed by atoms with Crippen molar-refractivity contribution >= 4 is 16.7 Å². The Balaban J connectivity index is 1.55. The zero-order chi connectivity index (χ0) is 21.5. The highest BCUT2D eigenvalue weighted by Gasteiger charge is 2.27. The largest absolute Gasteiger partial charge is 0.352 e. The molecule has 0 bridgehead atoms. The number of piperidine rings is 1. The summed E-state index contributed by atoms with van der Waals surface area (Å²) >= 11 is 0. The Bertz CT molecular complexity index is 1220. The molecule has 9 heteroatoms. The van der Waals surface area contributed by atoms with Gasteiger partial charge in [0.2, 0.25) is 0 Å². The van der Waals surface area contributed by atoms with Gasteiger partial charge in [-0.15, -0.1) is 0 Å². The van der Waals surface area contributed by atoms with E-state index in [1.165, 1.54) is 0 Å². The van der Waals surface area contributed by atoms with E-state index in [-0.39, 0.29) is 6.04 Å². The summed E-state index contributed by atoms with van der Waals surface area (Å²) in [5.74, 6) is 0.755. The summed E-state index contributed by atoms with van der Waals surface area (Å²) in [5.41, 5.74) is 11.1. The Morgan fingerprint density at radius 2 is 2.10 bits per heavy atom. The SMILES string of the molecule is CCn1cc(-c2cc3c(-c4ccc(C)c(N5C[C@@H](N)C[C@@H](F)C5)n4)n[nH]c3cn2)cn1. The number of alkyl halides is 1. The molecule has 3 N–H and O–H groups in total. The molecular weight excluding hydrogens is 395 g/mol. The number of aromatic nitrogens is 6. The summed E-state index contributed by atoms with van der Waals surface area (Å²) in [4.78, 5) is 11.3. The van der Waals surface area contributed by atoms with Crippen molar-refractivity contribution in [3.63, 3.8) is 0 Å². The van der Waals surface area contributed by atoms with Crippen LogP contribution in [0.15, 0.2) is 36.8 Å². The van der Waals surface area contributed by atoms with Crippen LogP contribution in [0.1, 0.15) is 18.9 Å². The van der Waals surface area contributed by atoms with Gasteiger partial charge in [-0.25, -0.2) is 9.37 Å². The fourth-order valence-electron chi connectivity index (χ4n) is 4.16. The second-order valence-electron chi connectivity index (χ2n) is 8.11. The van der Waals surface area contributed by atoms with Crippen LogP contribution in [0.5, 0.6) is 0 Å². The molecule has 0 unspecified atom stereocenters. The van der Waals surface area contributed by atoms with Gasteiger partial charge in [0.25, 0.3) is 0 Å². The molecule has 1 saturated heterocycles. The second kappa shape index (κ2) is 7.73. The minimum atomic E-state index is -0.947. The predicted molar refractivity (Wildman–Crippen MR) is 118 cm³/mol. The summed E-state index contributed by atoms with van der Waals surface area (Å²) in [7, 11) is 0. The van der Waals surface area contributed by atoms with Crippen LogP contribution in [0.25, 0.3) is 33.5 Å². The number of H-pyrrole nitrogens is 1. The fraction of sp³-hybridized carbons (Fsp3) is 0.364. The van der Waals surface area contributed by atoms with E-state index in [0.717, 1.165) is 51.5 Å².